The molecule has 72 valence electrons. The molecule has 2 rings (SSSR count). The SMILES string of the molecule is CC1(C)Cc2[nH]ccc2C(C)(C)N1. The van der Waals surface area contributed by atoms with Crippen LogP contribution < -0.4 is 5.32 Å². The van der Waals surface area contributed by atoms with Crippen molar-refractivity contribution >= 4 is 0 Å². The summed E-state index contributed by atoms with van der Waals surface area (Å²) in [5.74, 6) is 0. The lowest BCUT2D eigenvalue weighted by atomic mass is 9.81. The van der Waals surface area contributed by atoms with Gasteiger partial charge in [-0.1, -0.05) is 0 Å². The molecule has 1 aliphatic rings. The van der Waals surface area contributed by atoms with E-state index in [0.29, 0.717) is 0 Å². The molecular formula is C11H18N2. The van der Waals surface area contributed by atoms with Crippen LogP contribution in [0.5, 0.6) is 0 Å². The van der Waals surface area contributed by atoms with Crippen LogP contribution in [0.25, 0.3) is 0 Å². The number of H-pyrrole nitrogens is 1. The van der Waals surface area contributed by atoms with Gasteiger partial charge in [0.1, 0.15) is 0 Å². The van der Waals surface area contributed by atoms with Crippen molar-refractivity contribution in [3.8, 4) is 0 Å². The highest BCUT2D eigenvalue weighted by atomic mass is 15.1. The van der Waals surface area contributed by atoms with Crippen LogP contribution in [0, 0.1) is 0 Å². The minimum Gasteiger partial charge on any atom is -0.365 e. The number of fused-ring (bicyclic) bond motifs is 1. The van der Waals surface area contributed by atoms with Gasteiger partial charge in [-0.3, -0.25) is 0 Å². The summed E-state index contributed by atoms with van der Waals surface area (Å²) in [5, 5.41) is 3.65. The van der Waals surface area contributed by atoms with E-state index in [9.17, 15) is 0 Å². The van der Waals surface area contributed by atoms with Crippen LogP contribution in [0.3, 0.4) is 0 Å². The van der Waals surface area contributed by atoms with Crippen molar-refractivity contribution in [2.45, 2.75) is 45.2 Å². The quantitative estimate of drug-likeness (QED) is 0.626. The zero-order valence-electron chi connectivity index (χ0n) is 8.86. The van der Waals surface area contributed by atoms with Gasteiger partial charge in [0.15, 0.2) is 0 Å². The first kappa shape index (κ1) is 8.82. The molecule has 0 bridgehead atoms. The predicted molar refractivity (Wildman–Crippen MR) is 54.7 cm³/mol. The molecule has 0 aromatic carbocycles. The summed E-state index contributed by atoms with van der Waals surface area (Å²) < 4.78 is 0. The van der Waals surface area contributed by atoms with Crippen molar-refractivity contribution in [3.63, 3.8) is 0 Å². The largest absolute Gasteiger partial charge is 0.365 e. The average molecular weight is 178 g/mol. The standard InChI is InChI=1S/C11H18N2/c1-10(2)7-9-8(5-6-12-9)11(3,4)13-10/h5-6,12-13H,7H2,1-4H3. The van der Waals surface area contributed by atoms with Crippen LogP contribution in [0.4, 0.5) is 0 Å². The molecule has 2 heterocycles. The Morgan fingerprint density at radius 2 is 1.92 bits per heavy atom. The van der Waals surface area contributed by atoms with Crippen molar-refractivity contribution in [1.82, 2.24) is 10.3 Å². The number of hydrogen-bond acceptors (Lipinski definition) is 1. The average Bonchev–Trinajstić information content (AvgIpc) is 2.29. The Hall–Kier alpha value is -0.760. The van der Waals surface area contributed by atoms with E-state index >= 15 is 0 Å². The Kier molecular flexibility index (Phi) is 1.62. The van der Waals surface area contributed by atoms with E-state index in [1.165, 1.54) is 11.3 Å². The van der Waals surface area contributed by atoms with Gasteiger partial charge in [-0.25, -0.2) is 0 Å². The maximum Gasteiger partial charge on any atom is 0.0399 e. The molecule has 0 fully saturated rings. The third kappa shape index (κ3) is 1.39. The minimum absolute atomic E-state index is 0.0943. The molecule has 2 N–H and O–H groups in total. The molecule has 0 atom stereocenters. The molecule has 13 heavy (non-hydrogen) atoms. The fourth-order valence-electron chi connectivity index (χ4n) is 2.54. The van der Waals surface area contributed by atoms with Gasteiger partial charge < -0.3 is 10.3 Å². The number of rotatable bonds is 0. The summed E-state index contributed by atoms with van der Waals surface area (Å²) in [5.41, 5.74) is 3.08. The third-order valence-corrected chi connectivity index (χ3v) is 2.78. The van der Waals surface area contributed by atoms with Gasteiger partial charge in [-0.2, -0.15) is 0 Å². The lowest BCUT2D eigenvalue weighted by Crippen LogP contribution is -2.55. The molecule has 0 saturated heterocycles. The maximum absolute atomic E-state index is 3.65. The van der Waals surface area contributed by atoms with Gasteiger partial charge in [-0.05, 0) is 39.3 Å². The second-order valence-corrected chi connectivity index (χ2v) is 5.18. The Bertz CT molecular complexity index is 321. The Labute approximate surface area is 79.7 Å². The molecular weight excluding hydrogens is 160 g/mol. The topological polar surface area (TPSA) is 27.8 Å². The van der Waals surface area contributed by atoms with E-state index in [1.807, 2.05) is 6.20 Å². The van der Waals surface area contributed by atoms with E-state index in [4.69, 9.17) is 0 Å². The van der Waals surface area contributed by atoms with E-state index < -0.39 is 0 Å². The Morgan fingerprint density at radius 1 is 1.23 bits per heavy atom. The summed E-state index contributed by atoms with van der Waals surface area (Å²) in [6.07, 6.45) is 3.12. The molecule has 1 aliphatic heterocycles. The summed E-state index contributed by atoms with van der Waals surface area (Å²) in [7, 11) is 0. The second kappa shape index (κ2) is 2.38. The molecule has 0 spiro atoms. The van der Waals surface area contributed by atoms with Crippen LogP contribution in [-0.4, -0.2) is 10.5 Å². The molecule has 0 amide bonds. The van der Waals surface area contributed by atoms with Crippen LogP contribution in [0.15, 0.2) is 12.3 Å². The van der Waals surface area contributed by atoms with Crippen LogP contribution in [0.2, 0.25) is 0 Å². The van der Waals surface area contributed by atoms with E-state index in [2.05, 4.69) is 44.1 Å². The molecule has 0 radical (unpaired) electrons. The first-order chi connectivity index (χ1) is 5.91. The molecule has 2 nitrogen and oxygen atoms in total. The van der Waals surface area contributed by atoms with Crippen LogP contribution >= 0.6 is 0 Å². The van der Waals surface area contributed by atoms with Gasteiger partial charge in [0, 0.05) is 29.4 Å². The molecule has 1 aromatic rings. The van der Waals surface area contributed by atoms with E-state index in [0.717, 1.165) is 6.42 Å². The van der Waals surface area contributed by atoms with Crippen LogP contribution in [-0.2, 0) is 12.0 Å². The fraction of sp³-hybridized carbons (Fsp3) is 0.636. The highest BCUT2D eigenvalue weighted by molar-refractivity contribution is 5.32. The van der Waals surface area contributed by atoms with E-state index in [1.54, 1.807) is 0 Å². The molecule has 0 aliphatic carbocycles. The van der Waals surface area contributed by atoms with Gasteiger partial charge in [0.2, 0.25) is 0 Å². The molecule has 1 aromatic heterocycles. The fourth-order valence-corrected chi connectivity index (χ4v) is 2.54. The Morgan fingerprint density at radius 3 is 2.62 bits per heavy atom. The number of aromatic nitrogens is 1. The number of aromatic amines is 1. The summed E-state index contributed by atoms with van der Waals surface area (Å²) in [6, 6.07) is 2.18. The highest BCUT2D eigenvalue weighted by Crippen LogP contribution is 2.33. The third-order valence-electron chi connectivity index (χ3n) is 2.78. The summed E-state index contributed by atoms with van der Waals surface area (Å²) >= 11 is 0. The monoisotopic (exact) mass is 178 g/mol. The summed E-state index contributed by atoms with van der Waals surface area (Å²) in [4.78, 5) is 3.33. The van der Waals surface area contributed by atoms with Crippen molar-refractivity contribution in [1.29, 1.82) is 0 Å². The number of nitrogens with one attached hydrogen (secondary N) is 2. The molecule has 2 heteroatoms. The first-order valence-corrected chi connectivity index (χ1v) is 4.87. The van der Waals surface area contributed by atoms with Crippen molar-refractivity contribution in [2.24, 2.45) is 0 Å². The second-order valence-electron chi connectivity index (χ2n) is 5.18. The van der Waals surface area contributed by atoms with E-state index in [-0.39, 0.29) is 11.1 Å². The van der Waals surface area contributed by atoms with Crippen molar-refractivity contribution in [2.75, 3.05) is 0 Å². The van der Waals surface area contributed by atoms with Gasteiger partial charge in [0.05, 0.1) is 0 Å². The van der Waals surface area contributed by atoms with Gasteiger partial charge >= 0.3 is 0 Å². The normalized spacial score (nSPS) is 24.0. The summed E-state index contributed by atoms with van der Waals surface area (Å²) in [6.45, 7) is 8.97. The first-order valence-electron chi connectivity index (χ1n) is 4.87. The lowest BCUT2D eigenvalue weighted by Gasteiger charge is -2.42. The Balaban J connectivity index is 2.48. The lowest BCUT2D eigenvalue weighted by molar-refractivity contribution is 0.240. The number of hydrogen-bond donors (Lipinski definition) is 2. The minimum atomic E-state index is 0.0943. The highest BCUT2D eigenvalue weighted by Gasteiger charge is 2.36. The predicted octanol–water partition coefficient (Wildman–Crippen LogP) is 2.17. The van der Waals surface area contributed by atoms with Crippen LogP contribution in [0.1, 0.15) is 39.0 Å². The van der Waals surface area contributed by atoms with Crippen molar-refractivity contribution in [3.05, 3.63) is 23.5 Å². The smallest absolute Gasteiger partial charge is 0.0399 e. The maximum atomic E-state index is 3.65. The van der Waals surface area contributed by atoms with Crippen molar-refractivity contribution < 1.29 is 0 Å². The zero-order chi connectivity index (χ0) is 9.69. The zero-order valence-corrected chi connectivity index (χ0v) is 8.86. The van der Waals surface area contributed by atoms with Gasteiger partial charge in [-0.15, -0.1) is 0 Å². The van der Waals surface area contributed by atoms with Gasteiger partial charge in [0.25, 0.3) is 0 Å². The molecule has 0 saturated carbocycles. The molecule has 0 unspecified atom stereocenters.